The fourth-order valence-electron chi connectivity index (χ4n) is 2.61. The van der Waals surface area contributed by atoms with Crippen molar-refractivity contribution >= 4 is 0 Å². The summed E-state index contributed by atoms with van der Waals surface area (Å²) in [5.41, 5.74) is 0. The summed E-state index contributed by atoms with van der Waals surface area (Å²) in [5, 5.41) is 7.53. The Morgan fingerprint density at radius 1 is 1.35 bits per heavy atom. The summed E-state index contributed by atoms with van der Waals surface area (Å²) < 4.78 is 5.38. The van der Waals surface area contributed by atoms with E-state index in [1.165, 1.54) is 19.4 Å². The summed E-state index contributed by atoms with van der Waals surface area (Å²) >= 11 is 0. The summed E-state index contributed by atoms with van der Waals surface area (Å²) in [7, 11) is 0. The van der Waals surface area contributed by atoms with Crippen LogP contribution in [0.4, 0.5) is 0 Å². The second-order valence-corrected chi connectivity index (χ2v) is 6.44. The minimum atomic E-state index is 0.322. The maximum atomic E-state index is 5.38. The Kier molecular flexibility index (Phi) is 5.54. The van der Waals surface area contributed by atoms with Gasteiger partial charge in [0.2, 0.25) is 5.89 Å². The molecule has 1 saturated heterocycles. The Balaban J connectivity index is 1.93. The van der Waals surface area contributed by atoms with Crippen molar-refractivity contribution < 1.29 is 4.52 Å². The van der Waals surface area contributed by atoms with Crippen LogP contribution in [-0.4, -0.2) is 40.7 Å². The molecule has 5 heteroatoms. The van der Waals surface area contributed by atoms with E-state index in [0.717, 1.165) is 37.3 Å². The van der Waals surface area contributed by atoms with Crippen molar-refractivity contribution in [2.75, 3.05) is 19.6 Å². The Hall–Kier alpha value is -0.940. The maximum Gasteiger partial charge on any atom is 0.240 e. The molecule has 1 atom stereocenters. The van der Waals surface area contributed by atoms with Crippen LogP contribution in [-0.2, 0) is 6.54 Å². The van der Waals surface area contributed by atoms with E-state index in [4.69, 9.17) is 4.52 Å². The molecule has 0 aliphatic carbocycles. The third-order valence-electron chi connectivity index (χ3n) is 3.96. The van der Waals surface area contributed by atoms with Crippen molar-refractivity contribution in [2.24, 2.45) is 5.92 Å². The highest BCUT2D eigenvalue weighted by Crippen LogP contribution is 2.17. The molecule has 5 nitrogen and oxygen atoms in total. The minimum Gasteiger partial charge on any atom is -0.338 e. The van der Waals surface area contributed by atoms with Crippen LogP contribution >= 0.6 is 0 Å². The molecule has 0 spiro atoms. The van der Waals surface area contributed by atoms with Crippen LogP contribution in [0.3, 0.4) is 0 Å². The van der Waals surface area contributed by atoms with Crippen molar-refractivity contribution in [1.29, 1.82) is 0 Å². The number of nitrogens with one attached hydrogen (secondary N) is 1. The number of nitrogens with zero attached hydrogens (tertiary/aromatic N) is 3. The summed E-state index contributed by atoms with van der Waals surface area (Å²) in [6.45, 7) is 12.8. The molecule has 2 rings (SSSR count). The molecule has 1 aliphatic heterocycles. The van der Waals surface area contributed by atoms with Crippen LogP contribution in [0.25, 0.3) is 0 Å². The van der Waals surface area contributed by atoms with E-state index in [1.54, 1.807) is 0 Å². The lowest BCUT2D eigenvalue weighted by Gasteiger charge is -2.31. The molecule has 0 radical (unpaired) electrons. The van der Waals surface area contributed by atoms with Crippen LogP contribution < -0.4 is 5.32 Å². The summed E-state index contributed by atoms with van der Waals surface area (Å²) in [4.78, 5) is 6.93. The van der Waals surface area contributed by atoms with E-state index in [-0.39, 0.29) is 0 Å². The van der Waals surface area contributed by atoms with Gasteiger partial charge >= 0.3 is 0 Å². The molecule has 1 N–H and O–H groups in total. The number of hydrogen-bond donors (Lipinski definition) is 1. The van der Waals surface area contributed by atoms with Gasteiger partial charge in [-0.1, -0.05) is 19.0 Å². The lowest BCUT2D eigenvalue weighted by molar-refractivity contribution is 0.146. The van der Waals surface area contributed by atoms with Gasteiger partial charge in [0.05, 0.1) is 6.54 Å². The quantitative estimate of drug-likeness (QED) is 0.867. The molecule has 1 fully saturated rings. The fraction of sp³-hybridized carbons (Fsp3) is 0.867. The van der Waals surface area contributed by atoms with Gasteiger partial charge in [0.25, 0.3) is 0 Å². The molecular weight excluding hydrogens is 252 g/mol. The Morgan fingerprint density at radius 3 is 2.70 bits per heavy atom. The van der Waals surface area contributed by atoms with Crippen molar-refractivity contribution in [1.82, 2.24) is 20.4 Å². The van der Waals surface area contributed by atoms with E-state index in [0.29, 0.717) is 12.0 Å². The lowest BCUT2D eigenvalue weighted by Crippen LogP contribution is -2.40. The Morgan fingerprint density at radius 2 is 2.15 bits per heavy atom. The molecule has 0 aromatic carbocycles. The molecule has 0 bridgehead atoms. The highest BCUT2D eigenvalue weighted by molar-refractivity contribution is 4.92. The number of hydrogen-bond acceptors (Lipinski definition) is 5. The van der Waals surface area contributed by atoms with Gasteiger partial charge in [-0.3, -0.25) is 4.90 Å². The zero-order valence-corrected chi connectivity index (χ0v) is 13.2. The van der Waals surface area contributed by atoms with Gasteiger partial charge in [-0.2, -0.15) is 4.98 Å². The Labute approximate surface area is 122 Å². The molecule has 1 aliphatic rings. The van der Waals surface area contributed by atoms with Crippen LogP contribution in [0, 0.1) is 5.92 Å². The van der Waals surface area contributed by atoms with E-state index < -0.39 is 0 Å². The predicted octanol–water partition coefficient (Wildman–Crippen LogP) is 2.40. The molecule has 0 amide bonds. The number of aromatic nitrogens is 2. The normalized spacial score (nSPS) is 20.2. The molecule has 114 valence electrons. The third-order valence-corrected chi connectivity index (χ3v) is 3.96. The SMILES string of the molecule is CC(C)c1noc(CN(CC2CCCNC2)C(C)C)n1. The van der Waals surface area contributed by atoms with E-state index in [1.807, 2.05) is 0 Å². The first-order valence-electron chi connectivity index (χ1n) is 7.83. The van der Waals surface area contributed by atoms with Crippen molar-refractivity contribution in [2.45, 2.75) is 59.0 Å². The largest absolute Gasteiger partial charge is 0.338 e. The lowest BCUT2D eigenvalue weighted by atomic mass is 9.98. The summed E-state index contributed by atoms with van der Waals surface area (Å²) in [5.74, 6) is 2.61. The van der Waals surface area contributed by atoms with E-state index >= 15 is 0 Å². The first kappa shape index (κ1) is 15.4. The molecule has 1 aromatic rings. The highest BCUT2D eigenvalue weighted by atomic mass is 16.5. The molecular formula is C15H28N4O. The smallest absolute Gasteiger partial charge is 0.240 e. The zero-order valence-electron chi connectivity index (χ0n) is 13.2. The van der Waals surface area contributed by atoms with E-state index in [9.17, 15) is 0 Å². The van der Waals surface area contributed by atoms with Gasteiger partial charge < -0.3 is 9.84 Å². The monoisotopic (exact) mass is 280 g/mol. The Bertz CT molecular complexity index is 396. The average molecular weight is 280 g/mol. The first-order valence-corrected chi connectivity index (χ1v) is 7.83. The summed E-state index contributed by atoms with van der Waals surface area (Å²) in [6.07, 6.45) is 2.60. The van der Waals surface area contributed by atoms with Gasteiger partial charge in [0.15, 0.2) is 5.82 Å². The van der Waals surface area contributed by atoms with Gasteiger partial charge in [-0.05, 0) is 45.7 Å². The molecule has 1 unspecified atom stereocenters. The van der Waals surface area contributed by atoms with Crippen LogP contribution in [0.1, 0.15) is 58.2 Å². The second kappa shape index (κ2) is 7.18. The van der Waals surface area contributed by atoms with Gasteiger partial charge in [-0.25, -0.2) is 0 Å². The van der Waals surface area contributed by atoms with Crippen molar-refractivity contribution in [3.05, 3.63) is 11.7 Å². The predicted molar refractivity (Wildman–Crippen MR) is 79.5 cm³/mol. The molecule has 1 aromatic heterocycles. The van der Waals surface area contributed by atoms with Gasteiger partial charge in [0.1, 0.15) is 0 Å². The maximum absolute atomic E-state index is 5.38. The fourth-order valence-corrected chi connectivity index (χ4v) is 2.61. The average Bonchev–Trinajstić information content (AvgIpc) is 2.88. The molecule has 0 saturated carbocycles. The first-order chi connectivity index (χ1) is 9.56. The number of rotatable bonds is 6. The van der Waals surface area contributed by atoms with Crippen LogP contribution in [0.5, 0.6) is 0 Å². The van der Waals surface area contributed by atoms with Gasteiger partial charge in [0, 0.05) is 18.5 Å². The highest BCUT2D eigenvalue weighted by Gasteiger charge is 2.21. The molecule has 20 heavy (non-hydrogen) atoms. The summed E-state index contributed by atoms with van der Waals surface area (Å²) in [6, 6.07) is 0.492. The van der Waals surface area contributed by atoms with Crippen molar-refractivity contribution in [3.63, 3.8) is 0 Å². The second-order valence-electron chi connectivity index (χ2n) is 6.44. The topological polar surface area (TPSA) is 54.2 Å². The van der Waals surface area contributed by atoms with Gasteiger partial charge in [-0.15, -0.1) is 0 Å². The standard InChI is InChI=1S/C15H28N4O/c1-11(2)15-17-14(20-18-15)10-19(12(3)4)9-13-6-5-7-16-8-13/h11-13,16H,5-10H2,1-4H3. The molecule has 2 heterocycles. The number of piperidine rings is 1. The van der Waals surface area contributed by atoms with Crippen LogP contribution in [0.15, 0.2) is 4.52 Å². The third kappa shape index (κ3) is 4.28. The minimum absolute atomic E-state index is 0.322. The van der Waals surface area contributed by atoms with E-state index in [2.05, 4.69) is 48.1 Å². The van der Waals surface area contributed by atoms with Crippen LogP contribution in [0.2, 0.25) is 0 Å². The zero-order chi connectivity index (χ0) is 14.5. The van der Waals surface area contributed by atoms with Crippen molar-refractivity contribution in [3.8, 4) is 0 Å².